The first-order chi connectivity index (χ1) is 22.4. The Kier molecular flexibility index (Phi) is 6.97. The second-order valence-corrected chi connectivity index (χ2v) is 14.0. The Labute approximate surface area is 274 Å². The van der Waals surface area contributed by atoms with E-state index in [2.05, 4.69) is 0 Å². The van der Waals surface area contributed by atoms with Crippen LogP contribution in [-0.4, -0.2) is 88.6 Å². The largest absolute Gasteiger partial charge is 0.478 e. The number of carbonyl (C=O) groups excluding carboxylic acids is 3. The van der Waals surface area contributed by atoms with Crippen LogP contribution in [0.5, 0.6) is 0 Å². The van der Waals surface area contributed by atoms with Gasteiger partial charge in [-0.15, -0.1) is 0 Å². The molecule has 7 rings (SSSR count). The van der Waals surface area contributed by atoms with Gasteiger partial charge >= 0.3 is 5.97 Å². The molecule has 0 spiro atoms. The van der Waals surface area contributed by atoms with Crippen molar-refractivity contribution in [3.05, 3.63) is 93.6 Å². The molecule has 12 heteroatoms. The van der Waals surface area contributed by atoms with Crippen molar-refractivity contribution in [2.24, 2.45) is 0 Å². The number of carboxylic acid groups (broad SMARTS) is 1. The maximum Gasteiger partial charge on any atom is 0.336 e. The monoisotopic (exact) mass is 663 g/mol. The van der Waals surface area contributed by atoms with E-state index >= 15 is 0 Å². The minimum Gasteiger partial charge on any atom is -0.478 e. The SMILES string of the molecule is CC1(C)C2=CC(C)(N3CC(F)(F)C3)C=CC2=C(c2cc(C(=O)CN3C(=O)CCC3=O)ccc2C(=O)O)c2ccc(N3CC(F)(F)C3)cc21. The molecule has 2 aromatic carbocycles. The first-order valence-electron chi connectivity index (χ1n) is 15.7. The van der Waals surface area contributed by atoms with Gasteiger partial charge in [-0.25, -0.2) is 22.4 Å². The molecule has 0 radical (unpaired) electrons. The van der Waals surface area contributed by atoms with E-state index in [1.807, 2.05) is 32.9 Å². The lowest BCUT2D eigenvalue weighted by Gasteiger charge is -2.51. The number of amides is 2. The van der Waals surface area contributed by atoms with Gasteiger partial charge in [0.25, 0.3) is 11.8 Å². The quantitative estimate of drug-likeness (QED) is 0.239. The zero-order valence-electron chi connectivity index (χ0n) is 26.6. The number of likely N-dealkylation sites (tertiary alicyclic amines) is 2. The van der Waals surface area contributed by atoms with Crippen molar-refractivity contribution in [2.45, 2.75) is 56.4 Å². The van der Waals surface area contributed by atoms with Crippen LogP contribution in [0.4, 0.5) is 23.2 Å². The van der Waals surface area contributed by atoms with Crippen molar-refractivity contribution in [2.75, 3.05) is 37.6 Å². The Bertz CT molecular complexity index is 1900. The van der Waals surface area contributed by atoms with Gasteiger partial charge in [-0.1, -0.05) is 44.2 Å². The van der Waals surface area contributed by atoms with Crippen LogP contribution in [0.1, 0.15) is 71.0 Å². The highest BCUT2D eigenvalue weighted by Crippen LogP contribution is 2.53. The Balaban J connectivity index is 1.40. The summed E-state index contributed by atoms with van der Waals surface area (Å²) < 4.78 is 55.8. The number of hydrogen-bond donors (Lipinski definition) is 1. The third-order valence-corrected chi connectivity index (χ3v) is 10.2. The fourth-order valence-corrected chi connectivity index (χ4v) is 7.43. The molecular weight excluding hydrogens is 630 g/mol. The maximum atomic E-state index is 14.0. The Hall–Kier alpha value is -4.58. The lowest BCUT2D eigenvalue weighted by molar-refractivity contribution is -0.150. The zero-order valence-corrected chi connectivity index (χ0v) is 26.6. The average Bonchev–Trinajstić information content (AvgIpc) is 3.31. The Morgan fingerprint density at radius 1 is 0.854 bits per heavy atom. The van der Waals surface area contributed by atoms with Crippen molar-refractivity contribution in [3.63, 3.8) is 0 Å². The summed E-state index contributed by atoms with van der Waals surface area (Å²) in [5.41, 5.74) is 2.29. The highest BCUT2D eigenvalue weighted by molar-refractivity contribution is 6.09. The lowest BCUT2D eigenvalue weighted by Crippen LogP contribution is -2.64. The smallest absolute Gasteiger partial charge is 0.336 e. The fraction of sp³-hybridized carbons (Fsp3) is 0.389. The van der Waals surface area contributed by atoms with E-state index in [4.69, 9.17) is 0 Å². The summed E-state index contributed by atoms with van der Waals surface area (Å²) >= 11 is 0. The molecule has 0 aromatic heterocycles. The number of anilines is 1. The van der Waals surface area contributed by atoms with E-state index in [-0.39, 0.29) is 29.5 Å². The number of Topliss-reactive ketones (excluding diaryl/α,β-unsaturated/α-hetero) is 1. The van der Waals surface area contributed by atoms with E-state index in [1.165, 1.54) is 18.2 Å². The van der Waals surface area contributed by atoms with Crippen molar-refractivity contribution >= 4 is 34.8 Å². The number of ketones is 1. The van der Waals surface area contributed by atoms with Crippen LogP contribution in [-0.2, 0) is 15.0 Å². The molecule has 1 N–H and O–H groups in total. The summed E-state index contributed by atoms with van der Waals surface area (Å²) in [7, 11) is 0. The van der Waals surface area contributed by atoms with E-state index in [0.717, 1.165) is 10.5 Å². The Morgan fingerprint density at radius 2 is 1.50 bits per heavy atom. The molecule has 2 aliphatic carbocycles. The minimum absolute atomic E-state index is 0.0185. The van der Waals surface area contributed by atoms with Gasteiger partial charge in [0.2, 0.25) is 11.8 Å². The summed E-state index contributed by atoms with van der Waals surface area (Å²) in [5.74, 6) is -8.34. The number of hydrogen-bond acceptors (Lipinski definition) is 6. The molecule has 3 aliphatic heterocycles. The summed E-state index contributed by atoms with van der Waals surface area (Å²) in [6.07, 6.45) is 5.55. The third kappa shape index (κ3) is 5.08. The fourth-order valence-electron chi connectivity index (χ4n) is 7.43. The molecule has 3 fully saturated rings. The Morgan fingerprint density at radius 3 is 2.10 bits per heavy atom. The molecule has 3 saturated heterocycles. The normalized spacial score (nSPS) is 25.3. The van der Waals surface area contributed by atoms with Crippen molar-refractivity contribution < 1.29 is 41.8 Å². The summed E-state index contributed by atoms with van der Waals surface area (Å²) in [6, 6.07) is 9.39. The molecule has 1 atom stereocenters. The van der Waals surface area contributed by atoms with Crippen molar-refractivity contribution in [3.8, 4) is 0 Å². The summed E-state index contributed by atoms with van der Waals surface area (Å²) in [4.78, 5) is 54.7. The van der Waals surface area contributed by atoms with Gasteiger partial charge in [0.05, 0.1) is 43.8 Å². The molecule has 1 unspecified atom stereocenters. The first-order valence-corrected chi connectivity index (χ1v) is 15.7. The van der Waals surface area contributed by atoms with E-state index in [9.17, 15) is 41.8 Å². The van der Waals surface area contributed by atoms with Gasteiger partial charge in [0, 0.05) is 29.5 Å². The van der Waals surface area contributed by atoms with Crippen LogP contribution in [0.3, 0.4) is 0 Å². The summed E-state index contributed by atoms with van der Waals surface area (Å²) in [6.45, 7) is 3.52. The van der Waals surface area contributed by atoms with Gasteiger partial charge in [-0.2, -0.15) is 0 Å². The number of imide groups is 1. The number of halogens is 4. The molecule has 8 nitrogen and oxygen atoms in total. The van der Waals surface area contributed by atoms with Crippen LogP contribution < -0.4 is 4.90 Å². The van der Waals surface area contributed by atoms with Gasteiger partial charge in [0.15, 0.2) is 5.78 Å². The molecule has 48 heavy (non-hydrogen) atoms. The number of aromatic carboxylic acids is 1. The molecular formula is C36H33F4N3O5. The lowest BCUT2D eigenvalue weighted by atomic mass is 9.62. The molecule has 2 aromatic rings. The number of fused-ring (bicyclic) bond motifs is 2. The molecule has 5 aliphatic rings. The van der Waals surface area contributed by atoms with E-state index < -0.39 is 79.1 Å². The van der Waals surface area contributed by atoms with Gasteiger partial charge in [-0.3, -0.25) is 24.2 Å². The van der Waals surface area contributed by atoms with Gasteiger partial charge in [0.1, 0.15) is 0 Å². The average molecular weight is 664 g/mol. The third-order valence-electron chi connectivity index (χ3n) is 10.2. The van der Waals surface area contributed by atoms with Gasteiger partial charge in [-0.05, 0) is 64.6 Å². The highest BCUT2D eigenvalue weighted by atomic mass is 19.3. The maximum absolute atomic E-state index is 14.0. The van der Waals surface area contributed by atoms with Crippen LogP contribution in [0.15, 0.2) is 65.8 Å². The highest BCUT2D eigenvalue weighted by Gasteiger charge is 2.52. The van der Waals surface area contributed by atoms with E-state index in [0.29, 0.717) is 28.0 Å². The number of rotatable bonds is 7. The number of carboxylic acids is 1. The number of allylic oxidation sites excluding steroid dienone is 3. The zero-order chi connectivity index (χ0) is 34.6. The van der Waals surface area contributed by atoms with Crippen molar-refractivity contribution in [1.82, 2.24) is 9.80 Å². The topological polar surface area (TPSA) is 98.2 Å². The standard InChI is InChI=1S/C36H33F4N3O5/c1-33(2)26-13-21(41-16-35(37,38)17-41)5-7-23(26)31(24-10-11-34(3,14-27(24)33)42-18-36(39,40)19-42)25-12-20(4-6-22(25)32(47)48)28(44)15-43-29(45)8-9-30(43)46/h4-7,10-14H,8-9,15-19H2,1-3H3,(H,47,48). The number of alkyl halides is 4. The molecule has 2 amide bonds. The van der Waals surface area contributed by atoms with Crippen LogP contribution in [0.25, 0.3) is 5.57 Å². The number of carbonyl (C=O) groups is 4. The second kappa shape index (κ2) is 10.5. The van der Waals surface area contributed by atoms with E-state index in [1.54, 1.807) is 34.1 Å². The van der Waals surface area contributed by atoms with Gasteiger partial charge < -0.3 is 10.0 Å². The molecule has 250 valence electrons. The number of nitrogens with zero attached hydrogens (tertiary/aromatic N) is 3. The number of benzene rings is 2. The minimum atomic E-state index is -2.81. The summed E-state index contributed by atoms with van der Waals surface area (Å²) in [5, 5.41) is 10.3. The molecule has 0 bridgehead atoms. The van der Waals surface area contributed by atoms with Crippen LogP contribution in [0, 0.1) is 0 Å². The first kappa shape index (κ1) is 32.0. The van der Waals surface area contributed by atoms with Crippen LogP contribution in [0.2, 0.25) is 0 Å². The molecule has 3 heterocycles. The predicted octanol–water partition coefficient (Wildman–Crippen LogP) is 5.47. The second-order valence-electron chi connectivity index (χ2n) is 14.0. The molecule has 0 saturated carbocycles. The predicted molar refractivity (Wildman–Crippen MR) is 168 cm³/mol. The van der Waals surface area contributed by atoms with Crippen LogP contribution >= 0.6 is 0 Å². The van der Waals surface area contributed by atoms with Crippen molar-refractivity contribution in [1.29, 1.82) is 0 Å².